The number of aromatic hydroxyl groups is 1. The zero-order valence-corrected chi connectivity index (χ0v) is 5.43. The molecule has 0 unspecified atom stereocenters. The van der Waals surface area contributed by atoms with Crippen LogP contribution in [0.25, 0.3) is 5.52 Å². The Balaban J connectivity index is 2.92. The molecule has 0 atom stereocenters. The Morgan fingerprint density at radius 1 is 1.56 bits per heavy atom. The predicted octanol–water partition coefficient (Wildman–Crippen LogP) is 1.71. The average molecular weight is 139 g/mol. The largest absolute Gasteiger partial charge is 0.506 e. The minimum Gasteiger partial charge on any atom is -0.506 e. The van der Waals surface area contributed by atoms with E-state index in [2.05, 4.69) is 0 Å². The Morgan fingerprint density at radius 2 is 2.44 bits per heavy atom. The standard InChI is InChI=1S/C6H5NOS/c8-6-3-5-1-2-9-7(5)4-6/h1-4,8H. The molecular weight excluding hydrogens is 134 g/mol. The Labute approximate surface area is 56.1 Å². The van der Waals surface area contributed by atoms with Gasteiger partial charge in [0.15, 0.2) is 0 Å². The quantitative estimate of drug-likeness (QED) is 0.590. The van der Waals surface area contributed by atoms with E-state index in [1.807, 2.05) is 15.2 Å². The van der Waals surface area contributed by atoms with E-state index in [0.717, 1.165) is 5.52 Å². The Kier molecular flexibility index (Phi) is 0.818. The van der Waals surface area contributed by atoms with Gasteiger partial charge in [0.1, 0.15) is 5.75 Å². The molecule has 0 bridgehead atoms. The van der Waals surface area contributed by atoms with Gasteiger partial charge < -0.3 is 5.11 Å². The Hall–Kier alpha value is -0.960. The summed E-state index contributed by atoms with van der Waals surface area (Å²) < 4.78 is 1.91. The first-order chi connectivity index (χ1) is 4.36. The summed E-state index contributed by atoms with van der Waals surface area (Å²) >= 11 is 1.56. The number of fused-ring (bicyclic) bond motifs is 1. The van der Waals surface area contributed by atoms with E-state index < -0.39 is 0 Å². The van der Waals surface area contributed by atoms with Crippen LogP contribution in [0.2, 0.25) is 0 Å². The third kappa shape index (κ3) is 0.616. The van der Waals surface area contributed by atoms with Gasteiger partial charge in [-0.15, -0.1) is 0 Å². The minimum atomic E-state index is 0.335. The third-order valence-electron chi connectivity index (χ3n) is 1.21. The summed E-state index contributed by atoms with van der Waals surface area (Å²) in [5, 5.41) is 10.9. The molecule has 0 saturated heterocycles. The summed E-state index contributed by atoms with van der Waals surface area (Å²) in [6.07, 6.45) is 1.69. The van der Waals surface area contributed by atoms with Crippen molar-refractivity contribution in [1.82, 2.24) is 3.79 Å². The number of nitrogens with zero attached hydrogens (tertiary/aromatic N) is 1. The molecule has 1 N–H and O–H groups in total. The summed E-state index contributed by atoms with van der Waals surface area (Å²) in [7, 11) is 0. The molecule has 0 radical (unpaired) electrons. The maximum atomic E-state index is 8.93. The lowest BCUT2D eigenvalue weighted by atomic mass is 10.5. The van der Waals surface area contributed by atoms with Gasteiger partial charge >= 0.3 is 0 Å². The Bertz CT molecular complexity index is 294. The van der Waals surface area contributed by atoms with Gasteiger partial charge in [-0.2, -0.15) is 0 Å². The van der Waals surface area contributed by atoms with Crippen LogP contribution in [0.15, 0.2) is 23.7 Å². The fraction of sp³-hybridized carbons (Fsp3) is 0. The van der Waals surface area contributed by atoms with E-state index in [9.17, 15) is 0 Å². The summed E-state index contributed by atoms with van der Waals surface area (Å²) in [5.41, 5.74) is 1.05. The predicted molar refractivity (Wildman–Crippen MR) is 36.9 cm³/mol. The van der Waals surface area contributed by atoms with Crippen molar-refractivity contribution in [3.8, 4) is 5.75 Å². The normalized spacial score (nSPS) is 10.7. The lowest BCUT2D eigenvalue weighted by Gasteiger charge is -1.74. The fourth-order valence-electron chi connectivity index (χ4n) is 0.826. The van der Waals surface area contributed by atoms with Crippen molar-refractivity contribution >= 4 is 17.0 Å². The van der Waals surface area contributed by atoms with Crippen LogP contribution in [0.1, 0.15) is 0 Å². The second kappa shape index (κ2) is 1.51. The van der Waals surface area contributed by atoms with Crippen LogP contribution in [-0.4, -0.2) is 8.90 Å². The van der Waals surface area contributed by atoms with Gasteiger partial charge in [-0.1, -0.05) is 11.5 Å². The van der Waals surface area contributed by atoms with Gasteiger partial charge in [0.2, 0.25) is 0 Å². The number of hydrogen-bond donors (Lipinski definition) is 1. The molecule has 2 aromatic rings. The second-order valence-electron chi connectivity index (χ2n) is 1.86. The SMILES string of the molecule is Oc1cc2ccsn2c1. The van der Waals surface area contributed by atoms with Gasteiger partial charge in [0.05, 0.1) is 11.7 Å². The van der Waals surface area contributed by atoms with Crippen molar-refractivity contribution in [3.63, 3.8) is 0 Å². The second-order valence-corrected chi connectivity index (χ2v) is 2.73. The van der Waals surface area contributed by atoms with Gasteiger partial charge in [-0.05, 0) is 6.07 Å². The highest BCUT2D eigenvalue weighted by Gasteiger charge is 1.95. The van der Waals surface area contributed by atoms with Crippen LogP contribution in [0.4, 0.5) is 0 Å². The van der Waals surface area contributed by atoms with Gasteiger partial charge in [-0.3, -0.25) is 3.79 Å². The third-order valence-corrected chi connectivity index (χ3v) is 2.01. The first kappa shape index (κ1) is 4.88. The molecule has 9 heavy (non-hydrogen) atoms. The summed E-state index contributed by atoms with van der Waals surface area (Å²) in [5.74, 6) is 0.335. The maximum Gasteiger partial charge on any atom is 0.135 e. The lowest BCUT2D eigenvalue weighted by molar-refractivity contribution is 0.476. The molecule has 0 saturated carbocycles. The molecular formula is C6H5NOS. The highest BCUT2D eigenvalue weighted by atomic mass is 32.1. The molecule has 0 fully saturated rings. The van der Waals surface area contributed by atoms with Crippen LogP contribution in [0.3, 0.4) is 0 Å². The minimum absolute atomic E-state index is 0.335. The fourth-order valence-corrected chi connectivity index (χ4v) is 1.56. The van der Waals surface area contributed by atoms with E-state index in [0.29, 0.717) is 5.75 Å². The van der Waals surface area contributed by atoms with Crippen molar-refractivity contribution in [3.05, 3.63) is 23.7 Å². The van der Waals surface area contributed by atoms with Crippen LogP contribution < -0.4 is 0 Å². The zero-order chi connectivity index (χ0) is 6.27. The molecule has 3 heteroatoms. The molecule has 46 valence electrons. The molecule has 2 nitrogen and oxygen atoms in total. The number of rotatable bonds is 0. The maximum absolute atomic E-state index is 8.93. The Morgan fingerprint density at radius 3 is 3.22 bits per heavy atom. The van der Waals surface area contributed by atoms with Gasteiger partial charge in [-0.25, -0.2) is 0 Å². The van der Waals surface area contributed by atoms with Crippen molar-refractivity contribution in [2.45, 2.75) is 0 Å². The molecule has 2 heterocycles. The summed E-state index contributed by atoms with van der Waals surface area (Å²) in [6.45, 7) is 0. The number of hydrogen-bond acceptors (Lipinski definition) is 2. The molecule has 0 aliphatic heterocycles. The topological polar surface area (TPSA) is 24.6 Å². The average Bonchev–Trinajstić information content (AvgIpc) is 2.22. The summed E-state index contributed by atoms with van der Waals surface area (Å²) in [4.78, 5) is 0. The molecule has 0 aliphatic rings. The van der Waals surface area contributed by atoms with Crippen molar-refractivity contribution in [1.29, 1.82) is 0 Å². The van der Waals surface area contributed by atoms with Crippen LogP contribution >= 0.6 is 11.5 Å². The van der Waals surface area contributed by atoms with E-state index in [1.54, 1.807) is 23.8 Å². The molecule has 0 spiro atoms. The van der Waals surface area contributed by atoms with E-state index in [-0.39, 0.29) is 0 Å². The molecule has 0 aliphatic carbocycles. The first-order valence-electron chi connectivity index (χ1n) is 2.61. The van der Waals surface area contributed by atoms with Crippen molar-refractivity contribution in [2.75, 3.05) is 0 Å². The first-order valence-corrected chi connectivity index (χ1v) is 3.45. The molecule has 2 aromatic heterocycles. The highest BCUT2D eigenvalue weighted by molar-refractivity contribution is 7.04. The summed E-state index contributed by atoms with van der Waals surface area (Å²) in [6, 6.07) is 3.70. The van der Waals surface area contributed by atoms with Crippen LogP contribution in [0, 0.1) is 0 Å². The zero-order valence-electron chi connectivity index (χ0n) is 4.61. The van der Waals surface area contributed by atoms with Crippen molar-refractivity contribution in [2.24, 2.45) is 0 Å². The number of aromatic nitrogens is 1. The molecule has 0 aromatic carbocycles. The van der Waals surface area contributed by atoms with Gasteiger partial charge in [0, 0.05) is 11.4 Å². The van der Waals surface area contributed by atoms with Crippen LogP contribution in [-0.2, 0) is 0 Å². The highest BCUT2D eigenvalue weighted by Crippen LogP contribution is 2.17. The van der Waals surface area contributed by atoms with E-state index in [4.69, 9.17) is 5.11 Å². The molecule has 2 rings (SSSR count). The van der Waals surface area contributed by atoms with E-state index >= 15 is 0 Å². The lowest BCUT2D eigenvalue weighted by Crippen LogP contribution is -1.61. The van der Waals surface area contributed by atoms with Crippen molar-refractivity contribution < 1.29 is 5.11 Å². The van der Waals surface area contributed by atoms with Crippen LogP contribution in [0.5, 0.6) is 5.75 Å². The smallest absolute Gasteiger partial charge is 0.135 e. The van der Waals surface area contributed by atoms with E-state index in [1.165, 1.54) is 0 Å². The van der Waals surface area contributed by atoms with Gasteiger partial charge in [0.25, 0.3) is 0 Å². The monoisotopic (exact) mass is 139 g/mol. The molecule has 0 amide bonds.